The zero-order valence-corrected chi connectivity index (χ0v) is 18.3. The lowest BCUT2D eigenvalue weighted by atomic mass is 10.1. The Labute approximate surface area is 184 Å². The highest BCUT2D eigenvalue weighted by Gasteiger charge is 2.22. The number of nitriles is 1. The lowest BCUT2D eigenvalue weighted by Gasteiger charge is -2.22. The maximum atomic E-state index is 12.7. The second kappa shape index (κ2) is 11.3. The third-order valence-electron chi connectivity index (χ3n) is 4.19. The number of carbonyl (C=O) groups is 3. The monoisotopic (exact) mass is 447 g/mol. The molecule has 0 aliphatic carbocycles. The number of aryl methyl sites for hydroxylation is 1. The minimum absolute atomic E-state index is 0.0916. The smallest absolute Gasteiger partial charge is 0.308 e. The van der Waals surface area contributed by atoms with Crippen molar-refractivity contribution in [2.45, 2.75) is 32.7 Å². The van der Waals surface area contributed by atoms with Crippen LogP contribution in [0, 0.1) is 18.3 Å². The van der Waals surface area contributed by atoms with Crippen LogP contribution in [0.4, 0.5) is 5.69 Å². The molecule has 2 aromatic rings. The van der Waals surface area contributed by atoms with E-state index in [4.69, 9.17) is 21.6 Å². The largest absolute Gasteiger partial charge is 0.455 e. The average molecular weight is 448 g/mol. The Hall–Kier alpha value is -2.89. The molecule has 1 unspecified atom stereocenters. The van der Waals surface area contributed by atoms with Gasteiger partial charge in [-0.3, -0.25) is 14.4 Å². The molecule has 1 N–H and O–H groups in total. The van der Waals surface area contributed by atoms with Crippen molar-refractivity contribution >= 4 is 46.4 Å². The topological polar surface area (TPSA) is 99.5 Å². The fourth-order valence-corrected chi connectivity index (χ4v) is 3.66. The molecule has 2 rings (SSSR count). The summed E-state index contributed by atoms with van der Waals surface area (Å²) in [5.41, 5.74) is 1.36. The van der Waals surface area contributed by atoms with Crippen LogP contribution in [0.3, 0.4) is 0 Å². The molecule has 1 atom stereocenters. The molecule has 9 heteroatoms. The summed E-state index contributed by atoms with van der Waals surface area (Å²) in [6, 6.07) is 10.2. The highest BCUT2D eigenvalue weighted by atomic mass is 35.5. The number of benzene rings is 1. The lowest BCUT2D eigenvalue weighted by Crippen LogP contribution is -2.36. The molecule has 1 aromatic heterocycles. The Kier molecular flexibility index (Phi) is 8.84. The molecular formula is C21H22ClN3O4S. The highest BCUT2D eigenvalue weighted by Crippen LogP contribution is 2.24. The predicted octanol–water partition coefficient (Wildman–Crippen LogP) is 3.77. The minimum Gasteiger partial charge on any atom is -0.455 e. The summed E-state index contributed by atoms with van der Waals surface area (Å²) in [7, 11) is 0. The average Bonchev–Trinajstić information content (AvgIpc) is 3.23. The van der Waals surface area contributed by atoms with Crippen molar-refractivity contribution in [3.05, 3.63) is 51.2 Å². The summed E-state index contributed by atoms with van der Waals surface area (Å²) in [5, 5.41) is 14.0. The maximum Gasteiger partial charge on any atom is 0.308 e. The predicted molar refractivity (Wildman–Crippen MR) is 115 cm³/mol. The van der Waals surface area contributed by atoms with Gasteiger partial charge in [-0.05, 0) is 42.1 Å². The highest BCUT2D eigenvalue weighted by molar-refractivity contribution is 7.10. The fourth-order valence-electron chi connectivity index (χ4n) is 2.76. The van der Waals surface area contributed by atoms with Gasteiger partial charge in [-0.15, -0.1) is 11.3 Å². The Bertz CT molecular complexity index is 940. The molecule has 0 saturated heterocycles. The number of hydrogen-bond acceptors (Lipinski definition) is 6. The van der Waals surface area contributed by atoms with Crippen LogP contribution in [0.5, 0.6) is 0 Å². The van der Waals surface area contributed by atoms with Gasteiger partial charge >= 0.3 is 5.97 Å². The van der Waals surface area contributed by atoms with E-state index in [1.54, 1.807) is 18.2 Å². The van der Waals surface area contributed by atoms with Crippen molar-refractivity contribution in [3.8, 4) is 6.07 Å². The van der Waals surface area contributed by atoms with Gasteiger partial charge in [0.25, 0.3) is 5.91 Å². The summed E-state index contributed by atoms with van der Waals surface area (Å²) in [5.74, 6) is -1.33. The van der Waals surface area contributed by atoms with E-state index in [1.165, 1.54) is 23.2 Å². The number of nitrogens with zero attached hydrogens (tertiary/aromatic N) is 2. The van der Waals surface area contributed by atoms with Crippen LogP contribution in [-0.4, -0.2) is 30.9 Å². The van der Waals surface area contributed by atoms with E-state index in [-0.39, 0.29) is 25.3 Å². The van der Waals surface area contributed by atoms with Crippen molar-refractivity contribution in [1.29, 1.82) is 5.26 Å². The first-order valence-corrected chi connectivity index (χ1v) is 10.5. The maximum absolute atomic E-state index is 12.7. The Morgan fingerprint density at radius 2 is 2.10 bits per heavy atom. The van der Waals surface area contributed by atoms with E-state index in [0.717, 1.165) is 10.4 Å². The normalized spacial score (nSPS) is 11.3. The number of nitrogens with one attached hydrogen (secondary N) is 1. The van der Waals surface area contributed by atoms with Gasteiger partial charge in [-0.2, -0.15) is 5.26 Å². The molecule has 0 fully saturated rings. The molecule has 1 heterocycles. The molecule has 0 saturated carbocycles. The lowest BCUT2D eigenvalue weighted by molar-refractivity contribution is -0.148. The fraction of sp³-hybridized carbons (Fsp3) is 0.333. The summed E-state index contributed by atoms with van der Waals surface area (Å²) >= 11 is 7.46. The van der Waals surface area contributed by atoms with Crippen LogP contribution in [0.1, 0.15) is 36.2 Å². The Balaban J connectivity index is 2.02. The molecule has 0 bridgehead atoms. The van der Waals surface area contributed by atoms with Crippen molar-refractivity contribution in [2.75, 3.05) is 18.1 Å². The number of ether oxygens (including phenoxy) is 1. The van der Waals surface area contributed by atoms with Crippen molar-refractivity contribution < 1.29 is 19.1 Å². The first kappa shape index (κ1) is 23.4. The number of esters is 1. The molecule has 2 amide bonds. The van der Waals surface area contributed by atoms with Crippen molar-refractivity contribution in [2.24, 2.45) is 0 Å². The van der Waals surface area contributed by atoms with Crippen molar-refractivity contribution in [3.63, 3.8) is 0 Å². The third kappa shape index (κ3) is 6.87. The molecular weight excluding hydrogens is 426 g/mol. The quantitative estimate of drug-likeness (QED) is 0.590. The van der Waals surface area contributed by atoms with Gasteiger partial charge in [-0.1, -0.05) is 17.7 Å². The van der Waals surface area contributed by atoms with Gasteiger partial charge in [0.15, 0.2) is 6.61 Å². The first-order chi connectivity index (χ1) is 14.3. The van der Waals surface area contributed by atoms with Crippen LogP contribution in [0.2, 0.25) is 5.02 Å². The van der Waals surface area contributed by atoms with Gasteiger partial charge in [-0.25, -0.2) is 0 Å². The number of rotatable bonds is 9. The van der Waals surface area contributed by atoms with Gasteiger partial charge in [0, 0.05) is 29.1 Å². The van der Waals surface area contributed by atoms with Crippen LogP contribution in [0.15, 0.2) is 35.7 Å². The number of thiophene rings is 1. The second-order valence-corrected chi connectivity index (χ2v) is 7.91. The van der Waals surface area contributed by atoms with E-state index in [1.807, 2.05) is 30.5 Å². The number of hydrogen-bond donors (Lipinski definition) is 1. The molecule has 0 aliphatic rings. The number of anilines is 1. The zero-order chi connectivity index (χ0) is 22.1. The SMILES string of the molecule is CC(=O)NC(CC(=O)OCC(=O)N(CCC#N)c1ccc(Cl)c(C)c1)c1cccs1. The van der Waals surface area contributed by atoms with Crippen LogP contribution in [-0.2, 0) is 19.1 Å². The van der Waals surface area contributed by atoms with Gasteiger partial charge < -0.3 is 15.0 Å². The molecule has 1 aromatic carbocycles. The minimum atomic E-state index is -0.608. The second-order valence-electron chi connectivity index (χ2n) is 6.52. The number of halogens is 1. The summed E-state index contributed by atoms with van der Waals surface area (Å²) in [4.78, 5) is 38.6. The summed E-state index contributed by atoms with van der Waals surface area (Å²) < 4.78 is 5.16. The Morgan fingerprint density at radius 3 is 2.70 bits per heavy atom. The summed E-state index contributed by atoms with van der Waals surface area (Å²) in [6.07, 6.45) is 0.0377. The molecule has 158 valence electrons. The third-order valence-corrected chi connectivity index (χ3v) is 5.60. The standard InChI is InChI=1S/C21H22ClN3O4S/c1-14-11-16(6-7-17(14)22)25(9-4-8-23)20(27)13-29-21(28)12-18(24-15(2)26)19-5-3-10-30-19/h3,5-7,10-11,18H,4,9,12-13H2,1-2H3,(H,24,26). The van der Waals surface area contributed by atoms with Gasteiger partial charge in [0.1, 0.15) is 0 Å². The molecule has 7 nitrogen and oxygen atoms in total. The van der Waals surface area contributed by atoms with Crippen LogP contribution >= 0.6 is 22.9 Å². The number of amides is 2. The van der Waals surface area contributed by atoms with E-state index < -0.39 is 24.5 Å². The van der Waals surface area contributed by atoms with Crippen LogP contribution in [0.25, 0.3) is 0 Å². The molecule has 0 aliphatic heterocycles. The Morgan fingerprint density at radius 1 is 1.33 bits per heavy atom. The van der Waals surface area contributed by atoms with Crippen molar-refractivity contribution in [1.82, 2.24) is 5.32 Å². The van der Waals surface area contributed by atoms with Gasteiger partial charge in [0.2, 0.25) is 5.91 Å². The van der Waals surface area contributed by atoms with Crippen LogP contribution < -0.4 is 10.2 Å². The van der Waals surface area contributed by atoms with E-state index in [2.05, 4.69) is 5.32 Å². The zero-order valence-electron chi connectivity index (χ0n) is 16.7. The van der Waals surface area contributed by atoms with E-state index in [9.17, 15) is 14.4 Å². The molecule has 30 heavy (non-hydrogen) atoms. The molecule has 0 spiro atoms. The van der Waals surface area contributed by atoms with Gasteiger partial charge in [0.05, 0.1) is 25.0 Å². The summed E-state index contributed by atoms with van der Waals surface area (Å²) in [6.45, 7) is 2.88. The van der Waals surface area contributed by atoms with E-state index >= 15 is 0 Å². The number of carbonyl (C=O) groups excluding carboxylic acids is 3. The first-order valence-electron chi connectivity index (χ1n) is 9.21. The molecule has 0 radical (unpaired) electrons. The van der Waals surface area contributed by atoms with E-state index in [0.29, 0.717) is 10.7 Å².